The molecular formula is C25H25N5O. The maximum atomic E-state index is 12.9. The first-order valence-electron chi connectivity index (χ1n) is 11.0. The average molecular weight is 412 g/mol. The van der Waals surface area contributed by atoms with Crippen LogP contribution in [0.25, 0.3) is 33.1 Å². The Labute approximate surface area is 180 Å². The number of fused-ring (bicyclic) bond motifs is 3. The van der Waals surface area contributed by atoms with Crippen LogP contribution in [0.2, 0.25) is 0 Å². The molecule has 0 atom stereocenters. The summed E-state index contributed by atoms with van der Waals surface area (Å²) in [5.74, 6) is 0.718. The van der Waals surface area contributed by atoms with Gasteiger partial charge in [0, 0.05) is 48.1 Å². The molecule has 2 aromatic heterocycles. The van der Waals surface area contributed by atoms with Gasteiger partial charge in [0.15, 0.2) is 0 Å². The van der Waals surface area contributed by atoms with Crippen LogP contribution in [0, 0.1) is 0 Å². The fraction of sp³-hybridized carbons (Fsp3) is 0.320. The van der Waals surface area contributed by atoms with Crippen LogP contribution in [-0.4, -0.2) is 64.1 Å². The van der Waals surface area contributed by atoms with E-state index in [1.807, 2.05) is 35.4 Å². The number of rotatable bonds is 3. The molecule has 0 spiro atoms. The number of aromatic nitrogens is 3. The second-order valence-corrected chi connectivity index (χ2v) is 8.83. The Morgan fingerprint density at radius 1 is 1.03 bits per heavy atom. The number of carbonyl (C=O) groups is 1. The molecule has 1 aliphatic heterocycles. The second-order valence-electron chi connectivity index (χ2n) is 8.83. The van der Waals surface area contributed by atoms with Crippen LogP contribution in [0.3, 0.4) is 0 Å². The first-order valence-corrected chi connectivity index (χ1v) is 11.0. The average Bonchev–Trinajstić information content (AvgIpc) is 3.54. The smallest absolute Gasteiger partial charge is 0.253 e. The molecule has 2 fully saturated rings. The Morgan fingerprint density at radius 3 is 2.55 bits per heavy atom. The predicted octanol–water partition coefficient (Wildman–Crippen LogP) is 4.04. The van der Waals surface area contributed by atoms with E-state index in [0.29, 0.717) is 5.92 Å². The zero-order chi connectivity index (χ0) is 20.9. The zero-order valence-electron chi connectivity index (χ0n) is 17.6. The molecule has 156 valence electrons. The third-order valence-corrected chi connectivity index (χ3v) is 6.66. The molecule has 1 saturated heterocycles. The van der Waals surface area contributed by atoms with E-state index in [-0.39, 0.29) is 5.91 Å². The van der Waals surface area contributed by atoms with Crippen molar-refractivity contribution in [3.8, 4) is 11.3 Å². The summed E-state index contributed by atoms with van der Waals surface area (Å²) in [6, 6.07) is 14.3. The molecule has 6 rings (SSSR count). The standard InChI is InChI=1S/C25H25N5O/c1-29-10-12-30(13-11-29)25(31)18-6-4-17(5-7-18)23-14-19(16-2-3-16)24-20-15-26-28-21(20)8-9-22(24)27-23/h4-9,14-16H,2-3,10-13H2,1H3,(H,26,28). The summed E-state index contributed by atoms with van der Waals surface area (Å²) < 4.78 is 0. The number of pyridine rings is 1. The minimum Gasteiger partial charge on any atom is -0.336 e. The van der Waals surface area contributed by atoms with Crippen molar-refractivity contribution in [1.29, 1.82) is 0 Å². The fourth-order valence-electron chi connectivity index (χ4n) is 4.62. The minimum absolute atomic E-state index is 0.118. The highest BCUT2D eigenvalue weighted by Gasteiger charge is 2.27. The van der Waals surface area contributed by atoms with Gasteiger partial charge >= 0.3 is 0 Å². The van der Waals surface area contributed by atoms with E-state index in [1.54, 1.807) is 0 Å². The number of carbonyl (C=O) groups excluding carboxylic acids is 1. The highest BCUT2D eigenvalue weighted by molar-refractivity contribution is 6.07. The first-order chi connectivity index (χ1) is 15.2. The molecule has 4 aromatic rings. The topological polar surface area (TPSA) is 65.1 Å². The molecule has 1 aliphatic carbocycles. The number of H-pyrrole nitrogens is 1. The molecular weight excluding hydrogens is 386 g/mol. The third kappa shape index (κ3) is 3.27. The molecule has 2 aromatic carbocycles. The number of hydrogen-bond acceptors (Lipinski definition) is 4. The molecule has 0 radical (unpaired) electrons. The Kier molecular flexibility index (Phi) is 4.28. The molecule has 1 saturated carbocycles. The lowest BCUT2D eigenvalue weighted by Crippen LogP contribution is -2.47. The SMILES string of the molecule is CN1CCN(C(=O)c2ccc(-c3cc(C4CC4)c4c(ccc5[nH]ncc54)n3)cc2)CC1. The third-order valence-electron chi connectivity index (χ3n) is 6.66. The summed E-state index contributed by atoms with van der Waals surface area (Å²) in [6.07, 6.45) is 4.36. The van der Waals surface area contributed by atoms with E-state index >= 15 is 0 Å². The molecule has 2 aliphatic rings. The summed E-state index contributed by atoms with van der Waals surface area (Å²) in [6.45, 7) is 3.44. The normalized spacial score (nSPS) is 17.5. The number of likely N-dealkylation sites (N-methyl/N-ethyl adjacent to an activating group) is 1. The minimum atomic E-state index is 0.118. The van der Waals surface area contributed by atoms with Gasteiger partial charge in [-0.15, -0.1) is 0 Å². The van der Waals surface area contributed by atoms with Crippen LogP contribution in [0.5, 0.6) is 0 Å². The predicted molar refractivity (Wildman–Crippen MR) is 122 cm³/mol. The highest BCUT2D eigenvalue weighted by Crippen LogP contribution is 2.45. The van der Waals surface area contributed by atoms with Gasteiger partial charge in [0.2, 0.25) is 0 Å². The fourth-order valence-corrected chi connectivity index (χ4v) is 4.62. The number of aromatic amines is 1. The number of piperazine rings is 1. The lowest BCUT2D eigenvalue weighted by atomic mass is 9.98. The first kappa shape index (κ1) is 18.5. The van der Waals surface area contributed by atoms with Crippen molar-refractivity contribution >= 4 is 27.7 Å². The molecule has 0 bridgehead atoms. The summed E-state index contributed by atoms with van der Waals surface area (Å²) in [5.41, 5.74) is 6.18. The van der Waals surface area contributed by atoms with Crippen LogP contribution < -0.4 is 0 Å². The van der Waals surface area contributed by atoms with Gasteiger partial charge in [0.1, 0.15) is 0 Å². The van der Waals surface area contributed by atoms with Gasteiger partial charge in [-0.2, -0.15) is 5.10 Å². The van der Waals surface area contributed by atoms with Crippen molar-refractivity contribution in [2.24, 2.45) is 0 Å². The van der Waals surface area contributed by atoms with Gasteiger partial charge in [0.25, 0.3) is 5.91 Å². The van der Waals surface area contributed by atoms with Crippen molar-refractivity contribution in [1.82, 2.24) is 25.0 Å². The highest BCUT2D eigenvalue weighted by atomic mass is 16.2. The van der Waals surface area contributed by atoms with Crippen molar-refractivity contribution in [3.05, 3.63) is 59.8 Å². The number of nitrogens with zero attached hydrogens (tertiary/aromatic N) is 4. The van der Waals surface area contributed by atoms with Gasteiger partial charge in [-0.1, -0.05) is 12.1 Å². The summed E-state index contributed by atoms with van der Waals surface area (Å²) >= 11 is 0. The van der Waals surface area contributed by atoms with Gasteiger partial charge in [-0.3, -0.25) is 9.89 Å². The van der Waals surface area contributed by atoms with Crippen molar-refractivity contribution in [2.45, 2.75) is 18.8 Å². The van der Waals surface area contributed by atoms with Crippen molar-refractivity contribution in [2.75, 3.05) is 33.2 Å². The lowest BCUT2D eigenvalue weighted by Gasteiger charge is -2.32. The molecule has 6 nitrogen and oxygen atoms in total. The Bertz CT molecular complexity index is 1280. The zero-order valence-corrected chi connectivity index (χ0v) is 17.6. The maximum Gasteiger partial charge on any atom is 0.253 e. The number of hydrogen-bond donors (Lipinski definition) is 1. The van der Waals surface area contributed by atoms with E-state index in [1.165, 1.54) is 23.8 Å². The monoisotopic (exact) mass is 411 g/mol. The van der Waals surface area contributed by atoms with E-state index in [4.69, 9.17) is 4.98 Å². The molecule has 31 heavy (non-hydrogen) atoms. The van der Waals surface area contributed by atoms with Gasteiger partial charge in [-0.25, -0.2) is 4.98 Å². The molecule has 0 unspecified atom stereocenters. The molecule has 1 amide bonds. The van der Waals surface area contributed by atoms with Crippen LogP contribution in [0.15, 0.2) is 48.7 Å². The van der Waals surface area contributed by atoms with Crippen LogP contribution in [0.4, 0.5) is 0 Å². The van der Waals surface area contributed by atoms with Crippen molar-refractivity contribution < 1.29 is 4.79 Å². The maximum absolute atomic E-state index is 12.9. The Balaban J connectivity index is 1.36. The molecule has 1 N–H and O–H groups in total. The van der Waals surface area contributed by atoms with E-state index in [2.05, 4.69) is 40.3 Å². The second kappa shape index (κ2) is 7.17. The van der Waals surface area contributed by atoms with Crippen LogP contribution in [0.1, 0.15) is 34.7 Å². The van der Waals surface area contributed by atoms with E-state index in [9.17, 15) is 4.79 Å². The summed E-state index contributed by atoms with van der Waals surface area (Å²) in [4.78, 5) is 22.0. The summed E-state index contributed by atoms with van der Waals surface area (Å²) in [5, 5.41) is 9.67. The number of nitrogens with one attached hydrogen (secondary N) is 1. The Hall–Kier alpha value is -3.25. The molecule has 6 heteroatoms. The largest absolute Gasteiger partial charge is 0.336 e. The number of amides is 1. The lowest BCUT2D eigenvalue weighted by molar-refractivity contribution is 0.0664. The quantitative estimate of drug-likeness (QED) is 0.553. The molecule has 3 heterocycles. The van der Waals surface area contributed by atoms with Crippen LogP contribution >= 0.6 is 0 Å². The number of benzene rings is 2. The van der Waals surface area contributed by atoms with Crippen LogP contribution in [-0.2, 0) is 0 Å². The van der Waals surface area contributed by atoms with Gasteiger partial charge in [0.05, 0.1) is 22.9 Å². The summed E-state index contributed by atoms with van der Waals surface area (Å²) in [7, 11) is 2.10. The van der Waals surface area contributed by atoms with E-state index < -0.39 is 0 Å². The van der Waals surface area contributed by atoms with Gasteiger partial charge in [-0.05, 0) is 61.7 Å². The Morgan fingerprint density at radius 2 is 1.81 bits per heavy atom. The van der Waals surface area contributed by atoms with E-state index in [0.717, 1.165) is 59.4 Å². The van der Waals surface area contributed by atoms with Crippen molar-refractivity contribution in [3.63, 3.8) is 0 Å². The van der Waals surface area contributed by atoms with Gasteiger partial charge < -0.3 is 9.80 Å².